The van der Waals surface area contributed by atoms with Gasteiger partial charge < -0.3 is 15.0 Å². The summed E-state index contributed by atoms with van der Waals surface area (Å²) < 4.78 is 31.5. The molecule has 0 aromatic heterocycles. The van der Waals surface area contributed by atoms with Gasteiger partial charge in [-0.15, -0.1) is 0 Å². The third-order valence-corrected chi connectivity index (χ3v) is 6.83. The fourth-order valence-electron chi connectivity index (χ4n) is 3.40. The van der Waals surface area contributed by atoms with Crippen LogP contribution in [0.5, 0.6) is 5.75 Å². The molecule has 0 heterocycles. The van der Waals surface area contributed by atoms with Gasteiger partial charge in [0, 0.05) is 13.1 Å². The summed E-state index contributed by atoms with van der Waals surface area (Å²) in [6.07, 6.45) is 1.83. The third-order valence-electron chi connectivity index (χ3n) is 5.69. The van der Waals surface area contributed by atoms with Crippen molar-refractivity contribution >= 4 is 27.5 Å². The quantitative estimate of drug-likeness (QED) is 0.523. The summed E-state index contributed by atoms with van der Waals surface area (Å²) in [6.45, 7) is 7.63. The molecule has 0 fully saturated rings. The van der Waals surface area contributed by atoms with E-state index in [0.29, 0.717) is 18.0 Å². The maximum atomic E-state index is 13.5. The van der Waals surface area contributed by atoms with Crippen LogP contribution in [0.2, 0.25) is 0 Å². The number of hydrogen-bond donors (Lipinski definition) is 1. The highest BCUT2D eigenvalue weighted by atomic mass is 32.2. The van der Waals surface area contributed by atoms with Crippen molar-refractivity contribution in [1.82, 2.24) is 10.2 Å². The van der Waals surface area contributed by atoms with E-state index in [0.717, 1.165) is 33.7 Å². The number of ether oxygens (including phenoxy) is 1. The standard InChI is InChI=1S/C25H35N3O5S/c1-7-14-26-25(30)20(4)27(16-21-9-12-23(33-5)13-10-21)24(29)17-28(34(6,31)32)22-11-8-18(2)19(3)15-22/h8-13,15,20H,7,14,16-17H2,1-6H3,(H,26,30)/t20-/m0/s1. The van der Waals surface area contributed by atoms with Gasteiger partial charge >= 0.3 is 0 Å². The molecule has 0 unspecified atom stereocenters. The third kappa shape index (κ3) is 7.21. The maximum Gasteiger partial charge on any atom is 0.244 e. The van der Waals surface area contributed by atoms with E-state index >= 15 is 0 Å². The Labute approximate surface area is 202 Å². The lowest BCUT2D eigenvalue weighted by molar-refractivity contribution is -0.139. The molecule has 2 amide bonds. The largest absolute Gasteiger partial charge is 0.497 e. The van der Waals surface area contributed by atoms with Gasteiger partial charge in [0.2, 0.25) is 21.8 Å². The first-order chi connectivity index (χ1) is 16.0. The van der Waals surface area contributed by atoms with E-state index in [-0.39, 0.29) is 12.5 Å². The molecule has 0 aliphatic heterocycles. The highest BCUT2D eigenvalue weighted by molar-refractivity contribution is 7.92. The predicted octanol–water partition coefficient (Wildman–Crippen LogP) is 3.02. The molecule has 0 bridgehead atoms. The zero-order chi connectivity index (χ0) is 25.5. The highest BCUT2D eigenvalue weighted by Gasteiger charge is 2.30. The Balaban J connectivity index is 2.38. The van der Waals surface area contributed by atoms with Crippen molar-refractivity contribution < 1.29 is 22.7 Å². The minimum atomic E-state index is -3.75. The van der Waals surface area contributed by atoms with Crippen molar-refractivity contribution in [1.29, 1.82) is 0 Å². The van der Waals surface area contributed by atoms with Gasteiger partial charge in [-0.1, -0.05) is 25.1 Å². The van der Waals surface area contributed by atoms with Gasteiger partial charge in [-0.2, -0.15) is 0 Å². The van der Waals surface area contributed by atoms with Gasteiger partial charge in [-0.25, -0.2) is 8.42 Å². The van der Waals surface area contributed by atoms with Crippen LogP contribution in [0.15, 0.2) is 42.5 Å². The zero-order valence-electron chi connectivity index (χ0n) is 20.8. The molecule has 0 saturated carbocycles. The van der Waals surface area contributed by atoms with E-state index in [1.54, 1.807) is 38.3 Å². The second-order valence-electron chi connectivity index (χ2n) is 8.37. The summed E-state index contributed by atoms with van der Waals surface area (Å²) in [5.41, 5.74) is 3.14. The lowest BCUT2D eigenvalue weighted by Gasteiger charge is -2.31. The Kier molecular flexibility index (Phi) is 9.49. The van der Waals surface area contributed by atoms with Crippen LogP contribution in [0.25, 0.3) is 0 Å². The first kappa shape index (κ1) is 27.2. The Bertz CT molecular complexity index is 1100. The van der Waals surface area contributed by atoms with Crippen LogP contribution < -0.4 is 14.4 Å². The first-order valence-electron chi connectivity index (χ1n) is 11.2. The van der Waals surface area contributed by atoms with Crippen LogP contribution in [0.1, 0.15) is 37.0 Å². The van der Waals surface area contributed by atoms with Crippen molar-refractivity contribution in [3.8, 4) is 5.75 Å². The molecule has 8 nitrogen and oxygen atoms in total. The van der Waals surface area contributed by atoms with Crippen molar-refractivity contribution in [2.45, 2.75) is 46.7 Å². The second-order valence-corrected chi connectivity index (χ2v) is 10.3. The van der Waals surface area contributed by atoms with Crippen molar-refractivity contribution in [3.63, 3.8) is 0 Å². The Morgan fingerprint density at radius 1 is 1.06 bits per heavy atom. The number of hydrogen-bond acceptors (Lipinski definition) is 5. The molecule has 2 rings (SSSR count). The highest BCUT2D eigenvalue weighted by Crippen LogP contribution is 2.22. The van der Waals surface area contributed by atoms with Gasteiger partial charge in [0.15, 0.2) is 0 Å². The number of nitrogens with one attached hydrogen (secondary N) is 1. The number of rotatable bonds is 11. The number of benzene rings is 2. The Morgan fingerprint density at radius 3 is 2.24 bits per heavy atom. The monoisotopic (exact) mass is 489 g/mol. The molecular weight excluding hydrogens is 454 g/mol. The Morgan fingerprint density at radius 2 is 1.71 bits per heavy atom. The molecule has 1 atom stereocenters. The zero-order valence-corrected chi connectivity index (χ0v) is 21.6. The molecule has 0 saturated heterocycles. The van der Waals surface area contributed by atoms with E-state index in [1.807, 2.05) is 39.0 Å². The van der Waals surface area contributed by atoms with Crippen molar-refractivity contribution in [3.05, 3.63) is 59.2 Å². The molecule has 0 aliphatic carbocycles. The molecule has 186 valence electrons. The van der Waals surface area contributed by atoms with Crippen LogP contribution in [0.3, 0.4) is 0 Å². The van der Waals surface area contributed by atoms with Crippen LogP contribution in [-0.2, 0) is 26.2 Å². The average molecular weight is 490 g/mol. The maximum absolute atomic E-state index is 13.5. The van der Waals surface area contributed by atoms with E-state index in [2.05, 4.69) is 5.32 Å². The van der Waals surface area contributed by atoms with Crippen molar-refractivity contribution in [2.24, 2.45) is 0 Å². The normalized spacial score (nSPS) is 12.1. The number of amides is 2. The summed E-state index contributed by atoms with van der Waals surface area (Å²) in [7, 11) is -2.18. The number of anilines is 1. The minimum absolute atomic E-state index is 0.147. The van der Waals surface area contributed by atoms with Crippen LogP contribution >= 0.6 is 0 Å². The second kappa shape index (κ2) is 11.9. The predicted molar refractivity (Wildman–Crippen MR) is 134 cm³/mol. The summed E-state index contributed by atoms with van der Waals surface area (Å²) >= 11 is 0. The van der Waals surface area contributed by atoms with Gasteiger partial charge in [-0.3, -0.25) is 13.9 Å². The topological polar surface area (TPSA) is 96.0 Å². The van der Waals surface area contributed by atoms with Gasteiger partial charge in [0.1, 0.15) is 18.3 Å². The summed E-state index contributed by atoms with van der Waals surface area (Å²) in [6, 6.07) is 11.6. The molecule has 0 spiro atoms. The molecule has 2 aromatic carbocycles. The summed E-state index contributed by atoms with van der Waals surface area (Å²) in [5.74, 6) is -0.0900. The van der Waals surface area contributed by atoms with E-state index in [4.69, 9.17) is 4.74 Å². The van der Waals surface area contributed by atoms with Crippen LogP contribution in [-0.4, -0.2) is 57.6 Å². The molecule has 1 N–H and O–H groups in total. The SMILES string of the molecule is CCCNC(=O)[C@H](C)N(Cc1ccc(OC)cc1)C(=O)CN(c1ccc(C)c(C)c1)S(C)(=O)=O. The lowest BCUT2D eigenvalue weighted by Crippen LogP contribution is -2.51. The van der Waals surface area contributed by atoms with E-state index in [9.17, 15) is 18.0 Å². The first-order valence-corrected chi connectivity index (χ1v) is 13.1. The van der Waals surface area contributed by atoms with Gasteiger partial charge in [0.05, 0.1) is 19.1 Å². The number of nitrogens with zero attached hydrogens (tertiary/aromatic N) is 2. The van der Waals surface area contributed by atoms with Gasteiger partial charge in [0.25, 0.3) is 0 Å². The molecule has 0 aliphatic rings. The molecular formula is C25H35N3O5S. The van der Waals surface area contributed by atoms with E-state index in [1.165, 1.54) is 4.90 Å². The molecule has 9 heteroatoms. The number of sulfonamides is 1. The lowest BCUT2D eigenvalue weighted by atomic mass is 10.1. The molecule has 0 radical (unpaired) electrons. The molecule has 34 heavy (non-hydrogen) atoms. The van der Waals surface area contributed by atoms with E-state index < -0.39 is 28.5 Å². The number of methoxy groups -OCH3 is 1. The summed E-state index contributed by atoms with van der Waals surface area (Å²) in [5, 5.41) is 2.82. The fourth-order valence-corrected chi connectivity index (χ4v) is 4.24. The van der Waals surface area contributed by atoms with Crippen LogP contribution in [0.4, 0.5) is 5.69 Å². The fraction of sp³-hybridized carbons (Fsp3) is 0.440. The number of carbonyl (C=O) groups excluding carboxylic acids is 2. The minimum Gasteiger partial charge on any atom is -0.497 e. The smallest absolute Gasteiger partial charge is 0.244 e. The number of aryl methyl sites for hydroxylation is 2. The average Bonchev–Trinajstić information content (AvgIpc) is 2.80. The number of carbonyl (C=O) groups is 2. The van der Waals surface area contributed by atoms with Crippen LogP contribution in [0, 0.1) is 13.8 Å². The molecule has 2 aromatic rings. The van der Waals surface area contributed by atoms with Crippen molar-refractivity contribution in [2.75, 3.05) is 30.8 Å². The summed E-state index contributed by atoms with van der Waals surface area (Å²) in [4.78, 5) is 27.6. The Hall–Kier alpha value is -3.07. The van der Waals surface area contributed by atoms with Gasteiger partial charge in [-0.05, 0) is 68.1 Å².